The minimum Gasteiger partial charge on any atom is -0.351 e. The van der Waals surface area contributed by atoms with Crippen molar-refractivity contribution in [1.82, 2.24) is 9.62 Å². The first-order valence-corrected chi connectivity index (χ1v) is 8.91. The van der Waals surface area contributed by atoms with Gasteiger partial charge in [-0.3, -0.25) is 4.79 Å². The fraction of sp³-hybridized carbons (Fsp3) is 0.533. The summed E-state index contributed by atoms with van der Waals surface area (Å²) < 4.78 is 40.9. The van der Waals surface area contributed by atoms with Gasteiger partial charge in [0.1, 0.15) is 0 Å². The van der Waals surface area contributed by atoms with Crippen molar-refractivity contribution in [3.8, 4) is 0 Å². The first kappa shape index (κ1) is 15.4. The summed E-state index contributed by atoms with van der Waals surface area (Å²) in [6.45, 7) is 0.0393. The third-order valence-corrected chi connectivity index (χ3v) is 6.13. The number of carbonyl (C=O) groups is 1. The lowest BCUT2D eigenvalue weighted by Crippen LogP contribution is -2.52. The second-order valence-corrected chi connectivity index (χ2v) is 7.87. The number of sulfonamides is 1. The lowest BCUT2D eigenvalue weighted by molar-refractivity contribution is -0.135. The van der Waals surface area contributed by atoms with Gasteiger partial charge in [-0.05, 0) is 25.0 Å². The van der Waals surface area contributed by atoms with Gasteiger partial charge in [0.15, 0.2) is 5.67 Å². The molecule has 1 aliphatic carbocycles. The summed E-state index contributed by atoms with van der Waals surface area (Å²) >= 11 is 0. The normalized spacial score (nSPS) is 22.2. The molecule has 1 saturated carbocycles. The van der Waals surface area contributed by atoms with Crippen LogP contribution >= 0.6 is 0 Å². The van der Waals surface area contributed by atoms with Crippen LogP contribution in [0.25, 0.3) is 0 Å². The molecule has 120 valence electrons. The molecule has 3 rings (SSSR count). The van der Waals surface area contributed by atoms with E-state index in [1.54, 1.807) is 18.2 Å². The lowest BCUT2D eigenvalue weighted by Gasteiger charge is -2.34. The van der Waals surface area contributed by atoms with E-state index >= 15 is 0 Å². The number of piperidine rings is 1. The number of benzene rings is 1. The van der Waals surface area contributed by atoms with Crippen LogP contribution < -0.4 is 5.32 Å². The van der Waals surface area contributed by atoms with Crippen LogP contribution in [0.3, 0.4) is 0 Å². The second-order valence-electron chi connectivity index (χ2n) is 5.93. The fourth-order valence-corrected chi connectivity index (χ4v) is 4.05. The highest BCUT2D eigenvalue weighted by atomic mass is 32.2. The molecule has 0 bridgehead atoms. The molecule has 1 aliphatic heterocycles. The molecule has 1 aromatic carbocycles. The molecule has 1 N–H and O–H groups in total. The number of alkyl halides is 1. The lowest BCUT2D eigenvalue weighted by atomic mass is 9.93. The predicted octanol–water partition coefficient (Wildman–Crippen LogP) is 1.46. The average Bonchev–Trinajstić information content (AvgIpc) is 3.32. The molecule has 1 heterocycles. The van der Waals surface area contributed by atoms with Gasteiger partial charge in [0.2, 0.25) is 10.0 Å². The first-order valence-electron chi connectivity index (χ1n) is 7.47. The molecular formula is C15H19FN2O3S. The Morgan fingerprint density at radius 3 is 2.32 bits per heavy atom. The van der Waals surface area contributed by atoms with E-state index in [9.17, 15) is 17.6 Å². The second kappa shape index (κ2) is 5.62. The molecule has 1 amide bonds. The minimum absolute atomic E-state index is 0.0197. The highest BCUT2D eigenvalue weighted by molar-refractivity contribution is 7.89. The van der Waals surface area contributed by atoms with Crippen LogP contribution in [0.5, 0.6) is 0 Å². The monoisotopic (exact) mass is 326 g/mol. The van der Waals surface area contributed by atoms with E-state index in [4.69, 9.17) is 0 Å². The molecular weight excluding hydrogens is 307 g/mol. The van der Waals surface area contributed by atoms with Gasteiger partial charge in [0, 0.05) is 32.0 Å². The zero-order chi connectivity index (χ0) is 15.8. The Labute approximate surface area is 129 Å². The van der Waals surface area contributed by atoms with E-state index in [1.165, 1.54) is 16.4 Å². The Morgan fingerprint density at radius 1 is 1.18 bits per heavy atom. The van der Waals surface area contributed by atoms with Crippen molar-refractivity contribution in [1.29, 1.82) is 0 Å². The Balaban J connectivity index is 1.67. The fourth-order valence-electron chi connectivity index (χ4n) is 2.59. The summed E-state index contributed by atoms with van der Waals surface area (Å²) in [6.07, 6.45) is 1.60. The van der Waals surface area contributed by atoms with E-state index < -0.39 is 21.6 Å². The summed E-state index contributed by atoms with van der Waals surface area (Å²) in [5, 5.41) is 2.67. The van der Waals surface area contributed by atoms with E-state index in [1.807, 2.05) is 0 Å². The molecule has 0 radical (unpaired) electrons. The Hall–Kier alpha value is -1.47. The van der Waals surface area contributed by atoms with E-state index in [2.05, 4.69) is 5.32 Å². The zero-order valence-corrected chi connectivity index (χ0v) is 13.0. The van der Waals surface area contributed by atoms with E-state index in [0.717, 1.165) is 12.8 Å². The van der Waals surface area contributed by atoms with Gasteiger partial charge >= 0.3 is 0 Å². The quantitative estimate of drug-likeness (QED) is 0.911. The van der Waals surface area contributed by atoms with Crippen LogP contribution in [-0.4, -0.2) is 43.4 Å². The van der Waals surface area contributed by atoms with Crippen LogP contribution in [0.2, 0.25) is 0 Å². The number of nitrogens with zero attached hydrogens (tertiary/aromatic N) is 1. The number of amides is 1. The first-order chi connectivity index (χ1) is 10.4. The van der Waals surface area contributed by atoms with Crippen molar-refractivity contribution in [3.05, 3.63) is 30.3 Å². The smallest absolute Gasteiger partial charge is 0.257 e. The Morgan fingerprint density at radius 2 is 1.77 bits per heavy atom. The summed E-state index contributed by atoms with van der Waals surface area (Å²) in [6, 6.07) is 8.19. The van der Waals surface area contributed by atoms with E-state index in [0.29, 0.717) is 0 Å². The van der Waals surface area contributed by atoms with Gasteiger partial charge in [-0.25, -0.2) is 12.8 Å². The third kappa shape index (κ3) is 3.01. The predicted molar refractivity (Wildman–Crippen MR) is 79.4 cm³/mol. The average molecular weight is 326 g/mol. The SMILES string of the molecule is O=C(NC1CC1)C1(F)CCN(S(=O)(=O)c2ccccc2)CC1. The molecule has 0 aromatic heterocycles. The Kier molecular flexibility index (Phi) is 3.94. The van der Waals surface area contributed by atoms with Crippen LogP contribution in [0.4, 0.5) is 4.39 Å². The molecule has 0 atom stereocenters. The van der Waals surface area contributed by atoms with Gasteiger partial charge in [0.25, 0.3) is 5.91 Å². The minimum atomic E-state index is -3.61. The molecule has 1 saturated heterocycles. The molecule has 2 aliphatic rings. The molecule has 0 spiro atoms. The van der Waals surface area contributed by atoms with Crippen LogP contribution in [-0.2, 0) is 14.8 Å². The summed E-state index contributed by atoms with van der Waals surface area (Å²) in [7, 11) is -3.61. The number of halogens is 1. The van der Waals surface area contributed by atoms with Crippen molar-refractivity contribution < 1.29 is 17.6 Å². The van der Waals surface area contributed by atoms with Crippen LogP contribution in [0.15, 0.2) is 35.2 Å². The van der Waals surface area contributed by atoms with Crippen molar-refractivity contribution >= 4 is 15.9 Å². The Bertz CT molecular complexity index is 651. The molecule has 7 heteroatoms. The highest BCUT2D eigenvalue weighted by Crippen LogP contribution is 2.31. The number of carbonyl (C=O) groups excluding carboxylic acids is 1. The highest BCUT2D eigenvalue weighted by Gasteiger charge is 2.45. The maximum atomic E-state index is 14.7. The summed E-state index contributed by atoms with van der Waals surface area (Å²) in [5.74, 6) is -0.591. The van der Waals surface area contributed by atoms with Crippen molar-refractivity contribution in [3.63, 3.8) is 0 Å². The maximum Gasteiger partial charge on any atom is 0.257 e. The van der Waals surface area contributed by atoms with Crippen molar-refractivity contribution in [2.24, 2.45) is 0 Å². The number of nitrogens with one attached hydrogen (secondary N) is 1. The largest absolute Gasteiger partial charge is 0.351 e. The third-order valence-electron chi connectivity index (χ3n) is 4.22. The van der Waals surface area contributed by atoms with Crippen LogP contribution in [0, 0.1) is 0 Å². The molecule has 0 unspecified atom stereocenters. The molecule has 22 heavy (non-hydrogen) atoms. The maximum absolute atomic E-state index is 14.7. The van der Waals surface area contributed by atoms with E-state index in [-0.39, 0.29) is 36.9 Å². The van der Waals surface area contributed by atoms with Gasteiger partial charge < -0.3 is 5.32 Å². The number of rotatable bonds is 4. The van der Waals surface area contributed by atoms with Crippen LogP contribution in [0.1, 0.15) is 25.7 Å². The topological polar surface area (TPSA) is 66.5 Å². The zero-order valence-electron chi connectivity index (χ0n) is 12.2. The summed E-state index contributed by atoms with van der Waals surface area (Å²) in [5.41, 5.74) is -1.95. The molecule has 5 nitrogen and oxygen atoms in total. The number of hydrogen-bond acceptors (Lipinski definition) is 3. The van der Waals surface area contributed by atoms with Gasteiger partial charge in [-0.2, -0.15) is 4.31 Å². The van der Waals surface area contributed by atoms with Gasteiger partial charge in [0.05, 0.1) is 4.90 Å². The standard InChI is InChI=1S/C15H19FN2O3S/c16-15(14(19)17-12-6-7-12)8-10-18(11-9-15)22(20,21)13-4-2-1-3-5-13/h1-5,12H,6-11H2,(H,17,19). The van der Waals surface area contributed by atoms with Crippen molar-refractivity contribution in [2.75, 3.05) is 13.1 Å². The number of hydrogen-bond donors (Lipinski definition) is 1. The molecule has 2 fully saturated rings. The van der Waals surface area contributed by atoms with Crippen molar-refractivity contribution in [2.45, 2.75) is 42.3 Å². The summed E-state index contributed by atoms with van der Waals surface area (Å²) in [4.78, 5) is 12.1. The molecule has 1 aromatic rings. The van der Waals surface area contributed by atoms with Gasteiger partial charge in [-0.15, -0.1) is 0 Å². The van der Waals surface area contributed by atoms with Gasteiger partial charge in [-0.1, -0.05) is 18.2 Å².